The van der Waals surface area contributed by atoms with E-state index in [1.54, 1.807) is 0 Å². The van der Waals surface area contributed by atoms with Crippen LogP contribution >= 0.6 is 0 Å². The summed E-state index contributed by atoms with van der Waals surface area (Å²) in [6, 6.07) is 41.5. The zero-order chi connectivity index (χ0) is 26.0. The maximum absolute atomic E-state index is 4.33. The SMILES string of the molecule is c1ccc(Cc2ccc(-c3ccc(Cc4ccc(-n5c6ccncc6c6cnccc65)cc4)cc3)cc2)cc1. The average molecular weight is 502 g/mol. The lowest BCUT2D eigenvalue weighted by atomic mass is 9.98. The Hall–Kier alpha value is -5.02. The highest BCUT2D eigenvalue weighted by atomic mass is 15.0. The summed E-state index contributed by atoms with van der Waals surface area (Å²) in [6.07, 6.45) is 9.41. The van der Waals surface area contributed by atoms with Crippen molar-refractivity contribution in [2.45, 2.75) is 12.8 Å². The molecule has 0 spiro atoms. The quantitative estimate of drug-likeness (QED) is 0.229. The minimum Gasteiger partial charge on any atom is -0.309 e. The summed E-state index contributed by atoms with van der Waals surface area (Å²) in [6.45, 7) is 0. The Kier molecular flexibility index (Phi) is 5.95. The third-order valence-corrected chi connectivity index (χ3v) is 7.46. The van der Waals surface area contributed by atoms with Gasteiger partial charge in [0.15, 0.2) is 0 Å². The fourth-order valence-electron chi connectivity index (χ4n) is 5.45. The Balaban J connectivity index is 1.08. The Morgan fingerprint density at radius 2 is 0.872 bits per heavy atom. The molecule has 0 bridgehead atoms. The molecule has 0 aliphatic carbocycles. The Bertz CT molecular complexity index is 1810. The molecular weight excluding hydrogens is 474 g/mol. The fourth-order valence-corrected chi connectivity index (χ4v) is 5.45. The van der Waals surface area contributed by atoms with Crippen molar-refractivity contribution in [3.8, 4) is 16.8 Å². The van der Waals surface area contributed by atoms with E-state index in [1.807, 2.05) is 24.8 Å². The maximum atomic E-state index is 4.33. The first kappa shape index (κ1) is 23.1. The van der Waals surface area contributed by atoms with Crippen LogP contribution < -0.4 is 0 Å². The van der Waals surface area contributed by atoms with Gasteiger partial charge in [0.1, 0.15) is 0 Å². The highest BCUT2D eigenvalue weighted by Crippen LogP contribution is 2.31. The van der Waals surface area contributed by atoms with Crippen LogP contribution in [0, 0.1) is 0 Å². The Morgan fingerprint density at radius 1 is 0.436 bits per heavy atom. The number of rotatable bonds is 6. The molecule has 0 saturated heterocycles. The van der Waals surface area contributed by atoms with E-state index in [0.717, 1.165) is 40.3 Å². The second-order valence-electron chi connectivity index (χ2n) is 10.0. The highest BCUT2D eigenvalue weighted by Gasteiger charge is 2.12. The van der Waals surface area contributed by atoms with E-state index >= 15 is 0 Å². The summed E-state index contributed by atoms with van der Waals surface area (Å²) in [4.78, 5) is 8.67. The number of pyridine rings is 2. The summed E-state index contributed by atoms with van der Waals surface area (Å²) >= 11 is 0. The number of fused-ring (bicyclic) bond motifs is 3. The molecule has 0 saturated carbocycles. The van der Waals surface area contributed by atoms with E-state index < -0.39 is 0 Å². The molecule has 7 rings (SSSR count). The first-order valence-electron chi connectivity index (χ1n) is 13.3. The Labute approximate surface area is 228 Å². The molecule has 0 amide bonds. The first-order valence-corrected chi connectivity index (χ1v) is 13.3. The monoisotopic (exact) mass is 501 g/mol. The van der Waals surface area contributed by atoms with Gasteiger partial charge in [-0.25, -0.2) is 0 Å². The molecule has 186 valence electrons. The predicted octanol–water partition coefficient (Wildman–Crippen LogP) is 8.42. The minimum absolute atomic E-state index is 0.900. The van der Waals surface area contributed by atoms with Crippen LogP contribution in [0.2, 0.25) is 0 Å². The number of hydrogen-bond donors (Lipinski definition) is 0. The largest absolute Gasteiger partial charge is 0.309 e. The molecule has 0 radical (unpaired) electrons. The molecule has 0 atom stereocenters. The van der Waals surface area contributed by atoms with E-state index in [1.165, 1.54) is 33.4 Å². The van der Waals surface area contributed by atoms with Gasteiger partial charge in [0.25, 0.3) is 0 Å². The zero-order valence-corrected chi connectivity index (χ0v) is 21.5. The standard InChI is InChI=1S/C36H27N3/c1-2-4-26(5-3-1)22-27-6-12-30(13-7-27)31-14-8-28(9-15-31)23-29-10-16-32(17-11-29)39-35-18-20-37-24-33(35)34-25-38-21-19-36(34)39/h1-21,24-25H,22-23H2. The summed E-state index contributed by atoms with van der Waals surface area (Å²) in [7, 11) is 0. The fraction of sp³-hybridized carbons (Fsp3) is 0.0556. The number of hydrogen-bond acceptors (Lipinski definition) is 2. The second kappa shape index (κ2) is 10.0. The van der Waals surface area contributed by atoms with Gasteiger partial charge < -0.3 is 4.57 Å². The summed E-state index contributed by atoms with van der Waals surface area (Å²) in [5.41, 5.74) is 11.2. The van der Waals surface area contributed by atoms with Crippen LogP contribution in [-0.4, -0.2) is 14.5 Å². The van der Waals surface area contributed by atoms with Gasteiger partial charge in [-0.2, -0.15) is 0 Å². The molecule has 0 fully saturated rings. The molecule has 4 aromatic carbocycles. The number of aromatic nitrogens is 3. The Morgan fingerprint density at radius 3 is 1.36 bits per heavy atom. The van der Waals surface area contributed by atoms with Gasteiger partial charge in [-0.3, -0.25) is 9.97 Å². The van der Waals surface area contributed by atoms with Gasteiger partial charge in [0.2, 0.25) is 0 Å². The third kappa shape index (κ3) is 4.60. The molecule has 3 heteroatoms. The topological polar surface area (TPSA) is 30.7 Å². The molecule has 3 nitrogen and oxygen atoms in total. The zero-order valence-electron chi connectivity index (χ0n) is 21.5. The molecular formula is C36H27N3. The van der Waals surface area contributed by atoms with Gasteiger partial charge in [-0.1, -0.05) is 91.0 Å². The molecule has 0 N–H and O–H groups in total. The number of nitrogens with zero attached hydrogens (tertiary/aromatic N) is 3. The van der Waals surface area contributed by atoms with Crippen molar-refractivity contribution in [3.63, 3.8) is 0 Å². The molecule has 39 heavy (non-hydrogen) atoms. The molecule has 0 aliphatic heterocycles. The maximum Gasteiger partial charge on any atom is 0.0572 e. The van der Waals surface area contributed by atoms with E-state index in [0.29, 0.717) is 0 Å². The van der Waals surface area contributed by atoms with Crippen molar-refractivity contribution in [1.29, 1.82) is 0 Å². The lowest BCUT2D eigenvalue weighted by Gasteiger charge is -2.10. The van der Waals surface area contributed by atoms with Crippen molar-refractivity contribution in [2.24, 2.45) is 0 Å². The summed E-state index contributed by atoms with van der Waals surface area (Å²) in [5, 5.41) is 2.24. The van der Waals surface area contributed by atoms with E-state index in [9.17, 15) is 0 Å². The van der Waals surface area contributed by atoms with Crippen molar-refractivity contribution in [3.05, 3.63) is 162 Å². The molecule has 3 aromatic heterocycles. The van der Waals surface area contributed by atoms with Crippen molar-refractivity contribution >= 4 is 21.8 Å². The minimum atomic E-state index is 0.900. The number of benzene rings is 4. The van der Waals surface area contributed by atoms with E-state index in [4.69, 9.17) is 0 Å². The van der Waals surface area contributed by atoms with Crippen LogP contribution in [-0.2, 0) is 12.8 Å². The van der Waals surface area contributed by atoms with Crippen LogP contribution in [0.5, 0.6) is 0 Å². The van der Waals surface area contributed by atoms with Gasteiger partial charge in [0.05, 0.1) is 11.0 Å². The van der Waals surface area contributed by atoms with Crippen LogP contribution in [0.25, 0.3) is 38.6 Å². The van der Waals surface area contributed by atoms with Crippen molar-refractivity contribution < 1.29 is 0 Å². The van der Waals surface area contributed by atoms with Crippen molar-refractivity contribution in [1.82, 2.24) is 14.5 Å². The van der Waals surface area contributed by atoms with Gasteiger partial charge in [-0.15, -0.1) is 0 Å². The van der Waals surface area contributed by atoms with Gasteiger partial charge in [0, 0.05) is 41.2 Å². The van der Waals surface area contributed by atoms with Gasteiger partial charge in [-0.05, 0) is 70.5 Å². The predicted molar refractivity (Wildman–Crippen MR) is 160 cm³/mol. The van der Waals surface area contributed by atoms with Crippen LogP contribution in [0.15, 0.2) is 140 Å². The first-order chi connectivity index (χ1) is 19.3. The van der Waals surface area contributed by atoms with Crippen LogP contribution in [0.1, 0.15) is 22.3 Å². The molecule has 0 unspecified atom stereocenters. The highest BCUT2D eigenvalue weighted by molar-refractivity contribution is 6.08. The van der Waals surface area contributed by atoms with E-state index in [-0.39, 0.29) is 0 Å². The van der Waals surface area contributed by atoms with E-state index in [2.05, 4.69) is 130 Å². The summed E-state index contributed by atoms with van der Waals surface area (Å²) < 4.78 is 2.29. The van der Waals surface area contributed by atoms with Crippen molar-refractivity contribution in [2.75, 3.05) is 0 Å². The average Bonchev–Trinajstić information content (AvgIpc) is 3.34. The molecule has 0 aliphatic rings. The van der Waals surface area contributed by atoms with Crippen LogP contribution in [0.3, 0.4) is 0 Å². The molecule has 3 heterocycles. The lowest BCUT2D eigenvalue weighted by Crippen LogP contribution is -1.95. The normalized spacial score (nSPS) is 11.3. The van der Waals surface area contributed by atoms with Gasteiger partial charge >= 0.3 is 0 Å². The van der Waals surface area contributed by atoms with Crippen LogP contribution in [0.4, 0.5) is 0 Å². The third-order valence-electron chi connectivity index (χ3n) is 7.46. The lowest BCUT2D eigenvalue weighted by molar-refractivity contribution is 1.14. The molecule has 7 aromatic rings. The second-order valence-corrected chi connectivity index (χ2v) is 10.0. The smallest absolute Gasteiger partial charge is 0.0572 e. The summed E-state index contributed by atoms with van der Waals surface area (Å²) in [5.74, 6) is 0.